The Morgan fingerprint density at radius 2 is 1.65 bits per heavy atom. The highest BCUT2D eigenvalue weighted by Crippen LogP contribution is 2.35. The quantitative estimate of drug-likeness (QED) is 0.219. The summed E-state index contributed by atoms with van der Waals surface area (Å²) < 4.78 is 11.8. The van der Waals surface area contributed by atoms with Crippen molar-refractivity contribution in [3.63, 3.8) is 0 Å². The number of rotatable bonds is 6. The van der Waals surface area contributed by atoms with Crippen LogP contribution in [-0.2, 0) is 4.74 Å². The number of amides is 2. The number of nitrogens with zero attached hydrogens (tertiary/aromatic N) is 4. The number of hydrogen-bond donors (Lipinski definition) is 3. The number of carbonyl (C=O) groups is 2. The van der Waals surface area contributed by atoms with Gasteiger partial charge in [0.1, 0.15) is 28.7 Å². The molecule has 6 rings (SSSR count). The van der Waals surface area contributed by atoms with E-state index in [1.54, 1.807) is 11.1 Å². The van der Waals surface area contributed by atoms with Crippen LogP contribution in [0.2, 0.25) is 0 Å². The zero-order valence-corrected chi connectivity index (χ0v) is 24.5. The zero-order chi connectivity index (χ0) is 30.1. The average Bonchev–Trinajstić information content (AvgIpc) is 3.78. The van der Waals surface area contributed by atoms with Crippen LogP contribution in [0.15, 0.2) is 60.9 Å². The van der Waals surface area contributed by atoms with Crippen LogP contribution in [-0.4, -0.2) is 65.7 Å². The van der Waals surface area contributed by atoms with Gasteiger partial charge in [0, 0.05) is 24.8 Å². The second kappa shape index (κ2) is 11.5. The molecule has 2 fully saturated rings. The maximum atomic E-state index is 12.8. The van der Waals surface area contributed by atoms with E-state index in [4.69, 9.17) is 14.5 Å². The molecule has 11 heteroatoms. The molecule has 2 aliphatic heterocycles. The average molecular weight is 585 g/mol. The number of nitrogens with one attached hydrogen (secondary N) is 2. The fourth-order valence-electron chi connectivity index (χ4n) is 5.74. The van der Waals surface area contributed by atoms with Crippen LogP contribution >= 0.6 is 0 Å². The maximum Gasteiger partial charge on any atom is 0.410 e. The Morgan fingerprint density at radius 3 is 2.37 bits per heavy atom. The highest BCUT2D eigenvalue weighted by Gasteiger charge is 2.35. The number of aromatic amines is 2. The molecule has 0 saturated carbocycles. The topological polar surface area (TPSA) is 137 Å². The highest BCUT2D eigenvalue weighted by molar-refractivity contribution is 5.69. The fourth-order valence-corrected chi connectivity index (χ4v) is 5.74. The molecule has 2 amide bonds. The Bertz CT molecular complexity index is 1600. The van der Waals surface area contributed by atoms with E-state index in [2.05, 4.69) is 15.0 Å². The third-order valence-corrected chi connectivity index (χ3v) is 7.73. The molecule has 0 aliphatic carbocycles. The van der Waals surface area contributed by atoms with E-state index in [9.17, 15) is 14.7 Å². The number of ether oxygens (including phenoxy) is 2. The third-order valence-electron chi connectivity index (χ3n) is 7.73. The van der Waals surface area contributed by atoms with Crippen LogP contribution in [0, 0.1) is 0 Å². The summed E-state index contributed by atoms with van der Waals surface area (Å²) in [6.07, 6.45) is 5.67. The largest absolute Gasteiger partial charge is 0.465 e. The number of H-pyrrole nitrogens is 2. The molecule has 4 heterocycles. The summed E-state index contributed by atoms with van der Waals surface area (Å²) >= 11 is 0. The van der Waals surface area contributed by atoms with Crippen molar-refractivity contribution in [3.05, 3.63) is 72.6 Å². The smallest absolute Gasteiger partial charge is 0.410 e. The summed E-state index contributed by atoms with van der Waals surface area (Å²) in [5.74, 6) is 2.75. The number of likely N-dealkylation sites (tertiary alicyclic amines) is 2. The van der Waals surface area contributed by atoms with Gasteiger partial charge >= 0.3 is 12.2 Å². The van der Waals surface area contributed by atoms with Crippen LogP contribution in [0.25, 0.3) is 22.5 Å². The SMILES string of the molecule is CC(C)(C)OC(=O)N1CCC[C@H]1c1nc(-c2cccc(Oc3ccc(-c4cnc(C5CCCN5C(=O)O)[nH]4)cc3)c2)c[nH]1. The van der Waals surface area contributed by atoms with Crippen molar-refractivity contribution in [2.45, 2.75) is 64.1 Å². The molecule has 3 N–H and O–H groups in total. The summed E-state index contributed by atoms with van der Waals surface area (Å²) in [6.45, 7) is 6.77. The molecule has 0 radical (unpaired) electrons. The third kappa shape index (κ3) is 6.20. The van der Waals surface area contributed by atoms with Crippen LogP contribution < -0.4 is 4.74 Å². The molecule has 4 aromatic rings. The van der Waals surface area contributed by atoms with Crippen molar-refractivity contribution in [2.75, 3.05) is 13.1 Å². The van der Waals surface area contributed by atoms with Crippen LogP contribution in [0.4, 0.5) is 9.59 Å². The Balaban J connectivity index is 1.12. The van der Waals surface area contributed by atoms with Gasteiger partial charge in [-0.15, -0.1) is 0 Å². The predicted molar refractivity (Wildman–Crippen MR) is 160 cm³/mol. The van der Waals surface area contributed by atoms with Gasteiger partial charge in [-0.25, -0.2) is 19.6 Å². The number of carboxylic acid groups (broad SMARTS) is 1. The monoisotopic (exact) mass is 584 g/mol. The van der Waals surface area contributed by atoms with E-state index in [1.165, 1.54) is 4.90 Å². The molecule has 0 spiro atoms. The molecule has 224 valence electrons. The maximum absolute atomic E-state index is 12.8. The normalized spacial score (nSPS) is 18.7. The Hall–Kier alpha value is -4.80. The lowest BCUT2D eigenvalue weighted by Gasteiger charge is -2.27. The van der Waals surface area contributed by atoms with Crippen LogP contribution in [0.3, 0.4) is 0 Å². The number of benzene rings is 2. The van der Waals surface area contributed by atoms with Gasteiger partial charge in [-0.2, -0.15) is 0 Å². The lowest BCUT2D eigenvalue weighted by Crippen LogP contribution is -2.36. The second-order valence-electron chi connectivity index (χ2n) is 12.0. The van der Waals surface area contributed by atoms with E-state index < -0.39 is 11.7 Å². The summed E-state index contributed by atoms with van der Waals surface area (Å²) in [6, 6.07) is 15.0. The first kappa shape index (κ1) is 28.3. The molecule has 2 saturated heterocycles. The van der Waals surface area contributed by atoms with Gasteiger partial charge in [-0.3, -0.25) is 9.80 Å². The van der Waals surface area contributed by atoms with Crippen LogP contribution in [0.5, 0.6) is 11.5 Å². The summed E-state index contributed by atoms with van der Waals surface area (Å²) in [5, 5.41) is 9.45. The van der Waals surface area contributed by atoms with Gasteiger partial charge in [0.2, 0.25) is 0 Å². The summed E-state index contributed by atoms with van der Waals surface area (Å²) in [4.78, 5) is 43.3. The van der Waals surface area contributed by atoms with E-state index in [-0.39, 0.29) is 18.2 Å². The molecule has 2 atom stereocenters. The van der Waals surface area contributed by atoms with Crippen molar-refractivity contribution in [1.82, 2.24) is 29.7 Å². The first-order valence-electron chi connectivity index (χ1n) is 14.6. The molecule has 0 bridgehead atoms. The minimum atomic E-state index is -0.919. The highest BCUT2D eigenvalue weighted by atomic mass is 16.6. The first-order chi connectivity index (χ1) is 20.6. The summed E-state index contributed by atoms with van der Waals surface area (Å²) in [7, 11) is 0. The van der Waals surface area contributed by atoms with Gasteiger partial charge in [-0.1, -0.05) is 12.1 Å². The zero-order valence-electron chi connectivity index (χ0n) is 24.5. The Morgan fingerprint density at radius 1 is 0.930 bits per heavy atom. The molecule has 2 aromatic carbocycles. The summed E-state index contributed by atoms with van der Waals surface area (Å²) in [5.41, 5.74) is 2.86. The fraction of sp³-hybridized carbons (Fsp3) is 0.375. The van der Waals surface area contributed by atoms with Gasteiger partial charge < -0.3 is 24.5 Å². The molecule has 11 nitrogen and oxygen atoms in total. The molecular formula is C32H36N6O5. The van der Waals surface area contributed by atoms with E-state index >= 15 is 0 Å². The minimum Gasteiger partial charge on any atom is -0.465 e. The molecular weight excluding hydrogens is 548 g/mol. The van der Waals surface area contributed by atoms with E-state index in [1.807, 2.05) is 75.5 Å². The number of aromatic nitrogens is 4. The molecule has 2 aromatic heterocycles. The Labute approximate surface area is 249 Å². The van der Waals surface area contributed by atoms with E-state index in [0.717, 1.165) is 54.0 Å². The van der Waals surface area contributed by atoms with Crippen molar-refractivity contribution in [2.24, 2.45) is 0 Å². The van der Waals surface area contributed by atoms with Gasteiger partial charge in [0.05, 0.1) is 29.7 Å². The number of imidazole rings is 2. The van der Waals surface area contributed by atoms with Gasteiger partial charge in [-0.05, 0) is 88.4 Å². The van der Waals surface area contributed by atoms with Crippen molar-refractivity contribution >= 4 is 12.2 Å². The first-order valence-corrected chi connectivity index (χ1v) is 14.6. The molecule has 2 aliphatic rings. The Kier molecular flexibility index (Phi) is 7.55. The van der Waals surface area contributed by atoms with Gasteiger partial charge in [0.15, 0.2) is 0 Å². The van der Waals surface area contributed by atoms with Crippen molar-refractivity contribution in [3.8, 4) is 34.0 Å². The van der Waals surface area contributed by atoms with Crippen molar-refractivity contribution < 1.29 is 24.2 Å². The molecule has 1 unspecified atom stereocenters. The van der Waals surface area contributed by atoms with Gasteiger partial charge in [0.25, 0.3) is 0 Å². The minimum absolute atomic E-state index is 0.151. The number of hydrogen-bond acceptors (Lipinski definition) is 6. The number of carbonyl (C=O) groups excluding carboxylic acids is 1. The van der Waals surface area contributed by atoms with E-state index in [0.29, 0.717) is 30.4 Å². The second-order valence-corrected chi connectivity index (χ2v) is 12.0. The standard InChI is InChI=1S/C32H36N6O5/c1-32(2,3)43-31(41)38-16-6-10-27(38)29-34-19-25(36-29)21-7-4-8-23(17-21)42-22-13-11-20(12-14-22)24-18-33-28(35-24)26-9-5-15-37(26)30(39)40/h4,7-8,11-14,17-19,26-27H,5-6,9-10,15-16H2,1-3H3,(H,33,35)(H,34,36)(H,39,40)/t26?,27-/m0/s1. The molecule has 43 heavy (non-hydrogen) atoms. The van der Waals surface area contributed by atoms with Crippen molar-refractivity contribution in [1.29, 1.82) is 0 Å². The van der Waals surface area contributed by atoms with Crippen LogP contribution in [0.1, 0.15) is 70.2 Å². The lowest BCUT2D eigenvalue weighted by molar-refractivity contribution is 0.0218. The lowest BCUT2D eigenvalue weighted by atomic mass is 10.1. The predicted octanol–water partition coefficient (Wildman–Crippen LogP) is 7.15.